The van der Waals surface area contributed by atoms with E-state index < -0.39 is 0 Å². The quantitative estimate of drug-likeness (QED) is 0.741. The van der Waals surface area contributed by atoms with Crippen LogP contribution in [0.4, 0.5) is 0 Å². The van der Waals surface area contributed by atoms with E-state index in [1.807, 2.05) is 11.4 Å². The van der Waals surface area contributed by atoms with Crippen LogP contribution in [0.15, 0.2) is 17.5 Å². The number of hydrogen-bond donors (Lipinski definition) is 1. The lowest BCUT2D eigenvalue weighted by Crippen LogP contribution is -2.26. The maximum atomic E-state index is 10.7. The van der Waals surface area contributed by atoms with Crippen molar-refractivity contribution in [2.75, 3.05) is 12.4 Å². The molecular formula is C8H10ClNOS. The maximum Gasteiger partial charge on any atom is 0.234 e. The fourth-order valence-electron chi connectivity index (χ4n) is 0.827. The molecule has 0 saturated carbocycles. The van der Waals surface area contributed by atoms with Crippen molar-refractivity contribution in [3.05, 3.63) is 22.4 Å². The second-order valence-electron chi connectivity index (χ2n) is 2.31. The molecule has 1 N–H and O–H groups in total. The van der Waals surface area contributed by atoms with Crippen molar-refractivity contribution >= 4 is 28.8 Å². The molecular weight excluding hydrogens is 194 g/mol. The Kier molecular flexibility index (Phi) is 4.11. The number of halogens is 1. The van der Waals surface area contributed by atoms with E-state index in [2.05, 4.69) is 11.4 Å². The van der Waals surface area contributed by atoms with Crippen LogP contribution in [0.2, 0.25) is 0 Å². The van der Waals surface area contributed by atoms with Gasteiger partial charge in [-0.15, -0.1) is 22.9 Å². The molecule has 4 heteroatoms. The molecule has 0 aliphatic heterocycles. The summed E-state index contributed by atoms with van der Waals surface area (Å²) in [6.45, 7) is 0.673. The molecule has 1 amide bonds. The van der Waals surface area contributed by atoms with Crippen LogP contribution >= 0.6 is 22.9 Å². The number of amides is 1. The van der Waals surface area contributed by atoms with Crippen molar-refractivity contribution in [1.82, 2.24) is 5.32 Å². The molecule has 1 rings (SSSR count). The lowest BCUT2D eigenvalue weighted by molar-refractivity contribution is -0.118. The van der Waals surface area contributed by atoms with Crippen LogP contribution in [0, 0.1) is 0 Å². The Morgan fingerprint density at radius 3 is 3.08 bits per heavy atom. The van der Waals surface area contributed by atoms with Gasteiger partial charge in [0.25, 0.3) is 0 Å². The molecule has 0 atom stereocenters. The summed E-state index contributed by atoms with van der Waals surface area (Å²) in [7, 11) is 0. The predicted octanol–water partition coefficient (Wildman–Crippen LogP) is 1.65. The van der Waals surface area contributed by atoms with Crippen LogP contribution in [-0.4, -0.2) is 18.3 Å². The second-order valence-corrected chi connectivity index (χ2v) is 3.61. The number of carbonyl (C=O) groups is 1. The Bertz CT molecular complexity index is 235. The molecule has 1 aromatic rings. The molecule has 12 heavy (non-hydrogen) atoms. The molecule has 0 saturated heterocycles. The van der Waals surface area contributed by atoms with Crippen LogP contribution < -0.4 is 5.32 Å². The van der Waals surface area contributed by atoms with Crippen molar-refractivity contribution in [2.24, 2.45) is 0 Å². The Balaban J connectivity index is 2.15. The average Bonchev–Trinajstić information content (AvgIpc) is 2.57. The van der Waals surface area contributed by atoms with Crippen LogP contribution in [0.1, 0.15) is 4.88 Å². The highest BCUT2D eigenvalue weighted by Gasteiger charge is 1.97. The molecule has 1 aromatic heterocycles. The first-order valence-electron chi connectivity index (χ1n) is 3.68. The highest BCUT2D eigenvalue weighted by Crippen LogP contribution is 2.07. The van der Waals surface area contributed by atoms with Gasteiger partial charge in [-0.1, -0.05) is 6.07 Å². The summed E-state index contributed by atoms with van der Waals surface area (Å²) in [5.41, 5.74) is 0. The summed E-state index contributed by atoms with van der Waals surface area (Å²) in [6.07, 6.45) is 0.889. The van der Waals surface area contributed by atoms with Gasteiger partial charge in [-0.25, -0.2) is 0 Å². The van der Waals surface area contributed by atoms with Gasteiger partial charge in [0, 0.05) is 11.4 Å². The summed E-state index contributed by atoms with van der Waals surface area (Å²) < 4.78 is 0. The van der Waals surface area contributed by atoms with Crippen molar-refractivity contribution in [1.29, 1.82) is 0 Å². The first-order valence-corrected chi connectivity index (χ1v) is 5.09. The van der Waals surface area contributed by atoms with Crippen molar-refractivity contribution in [3.8, 4) is 0 Å². The maximum absolute atomic E-state index is 10.7. The second kappa shape index (κ2) is 5.17. The number of hydrogen-bond acceptors (Lipinski definition) is 2. The van der Waals surface area contributed by atoms with E-state index in [-0.39, 0.29) is 11.8 Å². The molecule has 1 heterocycles. The molecule has 66 valence electrons. The molecule has 0 fully saturated rings. The lowest BCUT2D eigenvalue weighted by atomic mass is 10.3. The molecule has 0 unspecified atom stereocenters. The Labute approximate surface area is 80.5 Å². The highest BCUT2D eigenvalue weighted by molar-refractivity contribution is 7.09. The Morgan fingerprint density at radius 2 is 2.50 bits per heavy atom. The molecule has 0 bridgehead atoms. The smallest absolute Gasteiger partial charge is 0.234 e. The predicted molar refractivity (Wildman–Crippen MR) is 51.8 cm³/mol. The van der Waals surface area contributed by atoms with Gasteiger partial charge in [-0.2, -0.15) is 0 Å². The van der Waals surface area contributed by atoms with E-state index in [1.165, 1.54) is 4.88 Å². The fourth-order valence-corrected chi connectivity index (χ4v) is 1.63. The van der Waals surface area contributed by atoms with Gasteiger partial charge in [0.05, 0.1) is 0 Å². The van der Waals surface area contributed by atoms with Crippen molar-refractivity contribution < 1.29 is 4.79 Å². The molecule has 0 aliphatic carbocycles. The van der Waals surface area contributed by atoms with Gasteiger partial charge in [0.15, 0.2) is 0 Å². The van der Waals surface area contributed by atoms with Crippen LogP contribution in [0.3, 0.4) is 0 Å². The van der Waals surface area contributed by atoms with Crippen LogP contribution in [0.25, 0.3) is 0 Å². The van der Waals surface area contributed by atoms with E-state index in [1.54, 1.807) is 11.3 Å². The third kappa shape index (κ3) is 3.24. The van der Waals surface area contributed by atoms with E-state index in [0.717, 1.165) is 6.42 Å². The zero-order valence-electron chi connectivity index (χ0n) is 6.55. The first kappa shape index (κ1) is 9.55. The van der Waals surface area contributed by atoms with Gasteiger partial charge >= 0.3 is 0 Å². The third-order valence-corrected chi connectivity index (χ3v) is 2.57. The third-order valence-electron chi connectivity index (χ3n) is 1.40. The summed E-state index contributed by atoms with van der Waals surface area (Å²) in [4.78, 5) is 12.0. The molecule has 0 spiro atoms. The Hall–Kier alpha value is -0.540. The minimum absolute atomic E-state index is 0.0461. The monoisotopic (exact) mass is 203 g/mol. The highest BCUT2D eigenvalue weighted by atomic mass is 35.5. The summed E-state index contributed by atoms with van der Waals surface area (Å²) in [5.74, 6) is -0.0574. The van der Waals surface area contributed by atoms with Crippen LogP contribution in [0.5, 0.6) is 0 Å². The summed E-state index contributed by atoms with van der Waals surface area (Å²) >= 11 is 7.00. The first-order chi connectivity index (χ1) is 5.83. The van der Waals surface area contributed by atoms with Gasteiger partial charge in [-0.05, 0) is 17.9 Å². The van der Waals surface area contributed by atoms with Gasteiger partial charge in [-0.3, -0.25) is 4.79 Å². The minimum atomic E-state index is -0.103. The lowest BCUT2D eigenvalue weighted by Gasteiger charge is -1.99. The molecule has 0 radical (unpaired) electrons. The van der Waals surface area contributed by atoms with Gasteiger partial charge in [0.1, 0.15) is 5.88 Å². The van der Waals surface area contributed by atoms with E-state index >= 15 is 0 Å². The van der Waals surface area contributed by atoms with Crippen LogP contribution in [-0.2, 0) is 11.2 Å². The van der Waals surface area contributed by atoms with Crippen molar-refractivity contribution in [2.45, 2.75) is 6.42 Å². The van der Waals surface area contributed by atoms with E-state index in [0.29, 0.717) is 6.54 Å². The van der Waals surface area contributed by atoms with E-state index in [9.17, 15) is 4.79 Å². The molecule has 0 aromatic carbocycles. The normalized spacial score (nSPS) is 9.75. The number of thiophene rings is 1. The summed E-state index contributed by atoms with van der Waals surface area (Å²) in [6, 6.07) is 4.06. The molecule has 2 nitrogen and oxygen atoms in total. The topological polar surface area (TPSA) is 29.1 Å². The largest absolute Gasteiger partial charge is 0.355 e. The zero-order chi connectivity index (χ0) is 8.81. The van der Waals surface area contributed by atoms with E-state index in [4.69, 9.17) is 11.6 Å². The zero-order valence-corrected chi connectivity index (χ0v) is 8.12. The van der Waals surface area contributed by atoms with Gasteiger partial charge < -0.3 is 5.32 Å². The number of rotatable bonds is 4. The minimum Gasteiger partial charge on any atom is -0.355 e. The number of alkyl halides is 1. The van der Waals surface area contributed by atoms with Crippen molar-refractivity contribution in [3.63, 3.8) is 0 Å². The number of nitrogens with one attached hydrogen (secondary N) is 1. The standard InChI is InChI=1S/C8H10ClNOS/c9-6-8(11)10-4-3-7-2-1-5-12-7/h1-2,5H,3-4,6H2,(H,10,11). The molecule has 0 aliphatic rings. The average molecular weight is 204 g/mol. The van der Waals surface area contributed by atoms with Gasteiger partial charge in [0.2, 0.25) is 5.91 Å². The Morgan fingerprint density at radius 1 is 1.67 bits per heavy atom. The SMILES string of the molecule is O=C(CCl)NCCc1cccs1. The number of carbonyl (C=O) groups excluding carboxylic acids is 1. The fraction of sp³-hybridized carbons (Fsp3) is 0.375. The summed E-state index contributed by atoms with van der Waals surface area (Å²) in [5, 5.41) is 4.73.